The van der Waals surface area contributed by atoms with Crippen LogP contribution in [0.25, 0.3) is 0 Å². The first-order chi connectivity index (χ1) is 10.4. The van der Waals surface area contributed by atoms with E-state index in [2.05, 4.69) is 15.3 Å². The highest BCUT2D eigenvalue weighted by molar-refractivity contribution is 7.70. The van der Waals surface area contributed by atoms with Gasteiger partial charge in [0.25, 0.3) is 8.45 Å². The third-order valence-electron chi connectivity index (χ3n) is 2.49. The van der Waals surface area contributed by atoms with E-state index in [1.165, 1.54) is 0 Å². The molecule has 1 fully saturated rings. The molecular weight excluding hydrogens is 325 g/mol. The Hall–Kier alpha value is -0.830. The van der Waals surface area contributed by atoms with Crippen LogP contribution in [-0.4, -0.2) is 4.55 Å². The summed E-state index contributed by atoms with van der Waals surface area (Å²) in [4.78, 5) is 12.1. The molecule has 110 valence electrons. The molecule has 1 heterocycles. The van der Waals surface area contributed by atoms with E-state index < -0.39 is 8.45 Å². The largest absolute Gasteiger partial charge is 0.443 e. The fraction of sp³-hybridized carbons (Fsp3) is 0. The lowest BCUT2D eigenvalue weighted by molar-refractivity contribution is 0.120. The third kappa shape index (κ3) is 4.57. The fourth-order valence-corrected chi connectivity index (χ4v) is 5.88. The molecule has 3 unspecified atom stereocenters. The maximum atomic E-state index is 5.97. The van der Waals surface area contributed by atoms with Crippen LogP contribution in [0.4, 0.5) is 0 Å². The number of hydrogen-bond acceptors (Lipinski definition) is 6. The Morgan fingerprint density at radius 2 is 1.62 bits per heavy atom. The van der Waals surface area contributed by atoms with Gasteiger partial charge in [0.15, 0.2) is 0 Å². The van der Waals surface area contributed by atoms with Crippen LogP contribution in [0.1, 0.15) is 0 Å². The Morgan fingerprint density at radius 3 is 2.33 bits per heavy atom. The number of hydrazine groups is 1. The molecule has 0 aliphatic carbocycles. The summed E-state index contributed by atoms with van der Waals surface area (Å²) in [5.74, 6) is 1.59. The van der Waals surface area contributed by atoms with Gasteiger partial charge in [0, 0.05) is 8.88 Å². The third-order valence-corrected chi connectivity index (χ3v) is 6.62. The van der Waals surface area contributed by atoms with Gasteiger partial charge in [-0.3, -0.25) is 4.86 Å². The van der Waals surface area contributed by atoms with Crippen LogP contribution >= 0.6 is 26.2 Å². The molecular formula is C12H15N4O2P3. The van der Waals surface area contributed by atoms with E-state index in [9.17, 15) is 0 Å². The molecule has 3 N–H and O–H groups in total. The lowest BCUT2D eigenvalue weighted by atomic mass is 10.3. The maximum Gasteiger partial charge on any atom is 0.272 e. The van der Waals surface area contributed by atoms with Crippen LogP contribution in [0.3, 0.4) is 0 Å². The van der Waals surface area contributed by atoms with Crippen LogP contribution < -0.4 is 24.7 Å². The van der Waals surface area contributed by atoms with Gasteiger partial charge >= 0.3 is 0 Å². The van der Waals surface area contributed by atoms with Gasteiger partial charge in [0.1, 0.15) is 11.5 Å². The molecule has 2 aromatic rings. The van der Waals surface area contributed by atoms with Gasteiger partial charge in [0.05, 0.1) is 8.88 Å². The van der Waals surface area contributed by atoms with Gasteiger partial charge in [-0.05, 0) is 24.3 Å². The van der Waals surface area contributed by atoms with Crippen molar-refractivity contribution < 1.29 is 9.36 Å². The smallest absolute Gasteiger partial charge is 0.272 e. The molecule has 21 heavy (non-hydrogen) atoms. The second-order valence-corrected chi connectivity index (χ2v) is 8.29. The molecule has 9 heteroatoms. The highest BCUT2D eigenvalue weighted by atomic mass is 31.2. The van der Waals surface area contributed by atoms with Crippen molar-refractivity contribution in [2.45, 2.75) is 0 Å². The Kier molecular flexibility index (Phi) is 5.73. The predicted octanol–water partition coefficient (Wildman–Crippen LogP) is 3.30. The van der Waals surface area contributed by atoms with Gasteiger partial charge in [-0.2, -0.15) is 0 Å². The monoisotopic (exact) mass is 340 g/mol. The van der Waals surface area contributed by atoms with E-state index in [4.69, 9.17) is 9.36 Å². The summed E-state index contributed by atoms with van der Waals surface area (Å²) in [5.41, 5.74) is 2.94. The summed E-state index contributed by atoms with van der Waals surface area (Å²) >= 11 is 0. The molecule has 6 nitrogen and oxygen atoms in total. The lowest BCUT2D eigenvalue weighted by Gasteiger charge is -2.33. The van der Waals surface area contributed by atoms with Crippen molar-refractivity contribution in [3.8, 4) is 11.5 Å². The van der Waals surface area contributed by atoms with Crippen molar-refractivity contribution in [1.29, 1.82) is 0 Å². The van der Waals surface area contributed by atoms with E-state index in [0.717, 1.165) is 11.5 Å². The lowest BCUT2D eigenvalue weighted by Crippen LogP contribution is -2.37. The topological polar surface area (TPSA) is 57.8 Å². The molecule has 0 saturated carbocycles. The second kappa shape index (κ2) is 7.98. The summed E-state index contributed by atoms with van der Waals surface area (Å²) in [6, 6.07) is 19.3. The average molecular weight is 340 g/mol. The van der Waals surface area contributed by atoms with Gasteiger partial charge in [-0.25, -0.2) is 4.86 Å². The number of rotatable bonds is 5. The summed E-state index contributed by atoms with van der Waals surface area (Å²) in [6.07, 6.45) is 0. The number of nitrogens with zero attached hydrogens (tertiary/aromatic N) is 1. The molecule has 1 saturated heterocycles. The van der Waals surface area contributed by atoms with Crippen LogP contribution in [0.2, 0.25) is 0 Å². The van der Waals surface area contributed by atoms with E-state index in [-0.39, 0.29) is 0 Å². The zero-order chi connectivity index (χ0) is 14.3. The minimum Gasteiger partial charge on any atom is -0.443 e. The van der Waals surface area contributed by atoms with Crippen molar-refractivity contribution >= 4 is 26.2 Å². The quantitative estimate of drug-likeness (QED) is 0.574. The van der Waals surface area contributed by atoms with Crippen molar-refractivity contribution in [2.75, 3.05) is 0 Å². The summed E-state index contributed by atoms with van der Waals surface area (Å²) in [7, 11) is -0.151. The van der Waals surface area contributed by atoms with E-state index >= 15 is 0 Å². The summed E-state index contributed by atoms with van der Waals surface area (Å²) in [6.45, 7) is 0. The first kappa shape index (κ1) is 15.1. The average Bonchev–Trinajstić information content (AvgIpc) is 2.56. The summed E-state index contributed by atoms with van der Waals surface area (Å²) < 4.78 is 7.86. The van der Waals surface area contributed by atoms with Crippen molar-refractivity contribution in [2.24, 2.45) is 0 Å². The molecule has 1 aliphatic heterocycles. The molecule has 3 atom stereocenters. The van der Waals surface area contributed by atoms with Gasteiger partial charge in [0.2, 0.25) is 0 Å². The highest BCUT2D eigenvalue weighted by Gasteiger charge is 2.26. The number of nitrogens with one attached hydrogen (secondary N) is 3. The van der Waals surface area contributed by atoms with Crippen molar-refractivity contribution in [1.82, 2.24) is 19.9 Å². The minimum absolute atomic E-state index is 0.377. The Labute approximate surface area is 128 Å². The van der Waals surface area contributed by atoms with Gasteiger partial charge < -0.3 is 9.36 Å². The van der Waals surface area contributed by atoms with Crippen LogP contribution in [0, 0.1) is 0 Å². The van der Waals surface area contributed by atoms with Crippen molar-refractivity contribution in [3.05, 3.63) is 60.7 Å². The minimum atomic E-state index is -0.998. The standard InChI is InChI=1S/C12H15N4O2P3/c1-3-7-11(8-4-1)17-13-16-20-14-19-15-21(16)18-12-9-5-2-6-10-12/h1-10,13-15,19-20H. The Morgan fingerprint density at radius 1 is 0.952 bits per heavy atom. The normalized spacial score (nSPS) is 21.4. The number of para-hydroxylation sites is 2. The zero-order valence-corrected chi connectivity index (χ0v) is 13.9. The first-order valence-electron chi connectivity index (χ1n) is 6.24. The molecule has 0 bridgehead atoms. The number of benzene rings is 2. The van der Waals surface area contributed by atoms with E-state index in [1.807, 2.05) is 65.2 Å². The Bertz CT molecular complexity index is 549. The highest BCUT2D eigenvalue weighted by Crippen LogP contribution is 2.49. The molecule has 0 aromatic heterocycles. The molecule has 0 spiro atoms. The zero-order valence-electron chi connectivity index (χ0n) is 11.0. The molecule has 0 radical (unpaired) electrons. The Balaban J connectivity index is 1.59. The molecule has 2 aromatic carbocycles. The number of hydrogen-bond donors (Lipinski definition) is 3. The fourth-order valence-electron chi connectivity index (χ4n) is 1.54. The SMILES string of the molecule is c1ccc(ONN2PNPNP2Oc2ccccc2)cc1. The van der Waals surface area contributed by atoms with E-state index in [1.54, 1.807) is 0 Å². The maximum absolute atomic E-state index is 5.97. The predicted molar refractivity (Wildman–Crippen MR) is 88.9 cm³/mol. The van der Waals surface area contributed by atoms with Crippen LogP contribution in [0.5, 0.6) is 11.5 Å². The molecule has 0 amide bonds. The van der Waals surface area contributed by atoms with E-state index in [0.29, 0.717) is 17.8 Å². The van der Waals surface area contributed by atoms with Crippen LogP contribution in [0.15, 0.2) is 60.7 Å². The van der Waals surface area contributed by atoms with Gasteiger partial charge in [-0.15, -0.1) is 4.55 Å². The van der Waals surface area contributed by atoms with Crippen molar-refractivity contribution in [3.63, 3.8) is 0 Å². The van der Waals surface area contributed by atoms with Gasteiger partial charge in [-0.1, -0.05) is 42.0 Å². The second-order valence-electron chi connectivity index (χ2n) is 3.97. The summed E-state index contributed by atoms with van der Waals surface area (Å²) in [5, 5.41) is 0. The van der Waals surface area contributed by atoms with Crippen LogP contribution in [-0.2, 0) is 0 Å². The molecule has 3 rings (SSSR count). The molecule has 1 aliphatic rings. The first-order valence-corrected chi connectivity index (χ1v) is 9.40.